The molecule has 0 heterocycles. The molecule has 0 radical (unpaired) electrons. The van der Waals surface area contributed by atoms with Crippen LogP contribution in [0.1, 0.15) is 0 Å². The minimum absolute atomic E-state index is 0.144. The summed E-state index contributed by atoms with van der Waals surface area (Å²) in [6.07, 6.45) is 0. The highest BCUT2D eigenvalue weighted by molar-refractivity contribution is 8.00. The van der Waals surface area contributed by atoms with E-state index in [0.29, 0.717) is 15.8 Å². The number of thioether (sulfide) groups is 1. The van der Waals surface area contributed by atoms with E-state index in [1.165, 1.54) is 11.8 Å². The molecule has 0 aromatic heterocycles. The number of oxime groups is 1. The minimum atomic E-state index is 0.144. The zero-order chi connectivity index (χ0) is 10.6. The number of nitrogens with zero attached hydrogens (tertiary/aromatic N) is 1. The summed E-state index contributed by atoms with van der Waals surface area (Å²) in [6.45, 7) is 0. The Morgan fingerprint density at radius 3 is 2.86 bits per heavy atom. The Morgan fingerprint density at radius 2 is 2.21 bits per heavy atom. The SMILES string of the molecule is N/C(CSc1cc(Cl)ccc1Cl)=N\O. The molecule has 0 spiro atoms. The Bertz CT molecular complexity index is 357. The Balaban J connectivity index is 2.71. The van der Waals surface area contributed by atoms with Crippen LogP contribution in [0.2, 0.25) is 10.0 Å². The van der Waals surface area contributed by atoms with Crippen molar-refractivity contribution < 1.29 is 5.21 Å². The Morgan fingerprint density at radius 1 is 1.50 bits per heavy atom. The number of nitrogens with two attached hydrogens (primary N) is 1. The van der Waals surface area contributed by atoms with Gasteiger partial charge in [-0.3, -0.25) is 0 Å². The van der Waals surface area contributed by atoms with Crippen molar-refractivity contribution in [1.29, 1.82) is 0 Å². The summed E-state index contributed by atoms with van der Waals surface area (Å²) < 4.78 is 0. The zero-order valence-electron chi connectivity index (χ0n) is 7.08. The molecule has 0 aliphatic rings. The third-order valence-electron chi connectivity index (χ3n) is 1.40. The van der Waals surface area contributed by atoms with Gasteiger partial charge >= 0.3 is 0 Å². The fourth-order valence-electron chi connectivity index (χ4n) is 0.768. The first kappa shape index (κ1) is 11.5. The lowest BCUT2D eigenvalue weighted by atomic mass is 10.4. The summed E-state index contributed by atoms with van der Waals surface area (Å²) in [4.78, 5) is 0.811. The first-order valence-electron chi connectivity index (χ1n) is 3.67. The Labute approximate surface area is 95.9 Å². The van der Waals surface area contributed by atoms with Gasteiger partial charge in [-0.15, -0.1) is 11.8 Å². The number of amidine groups is 1. The van der Waals surface area contributed by atoms with E-state index in [1.807, 2.05) is 0 Å². The highest BCUT2D eigenvalue weighted by Gasteiger charge is 2.03. The number of halogens is 2. The van der Waals surface area contributed by atoms with Crippen LogP contribution in [0.4, 0.5) is 0 Å². The second-order valence-electron chi connectivity index (χ2n) is 2.45. The van der Waals surface area contributed by atoms with Crippen molar-refractivity contribution in [3.8, 4) is 0 Å². The van der Waals surface area contributed by atoms with Gasteiger partial charge in [0.25, 0.3) is 0 Å². The second-order valence-corrected chi connectivity index (χ2v) is 4.32. The molecule has 76 valence electrons. The van der Waals surface area contributed by atoms with Crippen molar-refractivity contribution in [3.63, 3.8) is 0 Å². The van der Waals surface area contributed by atoms with Crippen LogP contribution in [0.3, 0.4) is 0 Å². The summed E-state index contributed by atoms with van der Waals surface area (Å²) in [5.74, 6) is 0.516. The molecule has 0 amide bonds. The summed E-state index contributed by atoms with van der Waals surface area (Å²) in [5.41, 5.74) is 5.31. The van der Waals surface area contributed by atoms with Gasteiger partial charge in [0.05, 0.1) is 10.8 Å². The van der Waals surface area contributed by atoms with Crippen molar-refractivity contribution in [2.75, 3.05) is 5.75 Å². The van der Waals surface area contributed by atoms with Gasteiger partial charge in [-0.25, -0.2) is 0 Å². The number of rotatable bonds is 3. The molecule has 3 nitrogen and oxygen atoms in total. The largest absolute Gasteiger partial charge is 0.409 e. The third-order valence-corrected chi connectivity index (χ3v) is 3.16. The fraction of sp³-hybridized carbons (Fsp3) is 0.125. The van der Waals surface area contributed by atoms with E-state index in [1.54, 1.807) is 18.2 Å². The van der Waals surface area contributed by atoms with Crippen LogP contribution in [0.15, 0.2) is 28.3 Å². The molecule has 1 aromatic rings. The second kappa shape index (κ2) is 5.34. The van der Waals surface area contributed by atoms with Crippen LogP contribution in [0, 0.1) is 0 Å². The van der Waals surface area contributed by atoms with E-state index in [2.05, 4.69) is 5.16 Å². The van der Waals surface area contributed by atoms with Gasteiger partial charge in [-0.05, 0) is 18.2 Å². The minimum Gasteiger partial charge on any atom is -0.409 e. The van der Waals surface area contributed by atoms with Crippen LogP contribution in [0.5, 0.6) is 0 Å². The lowest BCUT2D eigenvalue weighted by molar-refractivity contribution is 0.318. The molecule has 1 rings (SSSR count). The Kier molecular flexibility index (Phi) is 4.38. The molecule has 14 heavy (non-hydrogen) atoms. The standard InChI is InChI=1S/C8H8Cl2N2OS/c9-5-1-2-6(10)7(3-5)14-4-8(11)12-13/h1-3,13H,4H2,(H2,11,12). The summed E-state index contributed by atoms with van der Waals surface area (Å²) >= 11 is 13.0. The topological polar surface area (TPSA) is 58.6 Å². The predicted molar refractivity (Wildman–Crippen MR) is 60.6 cm³/mol. The van der Waals surface area contributed by atoms with Gasteiger partial charge < -0.3 is 10.9 Å². The summed E-state index contributed by atoms with van der Waals surface area (Å²) in [7, 11) is 0. The molecule has 0 bridgehead atoms. The first-order chi connectivity index (χ1) is 6.63. The van der Waals surface area contributed by atoms with Crippen molar-refractivity contribution in [2.24, 2.45) is 10.9 Å². The van der Waals surface area contributed by atoms with Gasteiger partial charge in [-0.2, -0.15) is 0 Å². The zero-order valence-corrected chi connectivity index (χ0v) is 9.40. The summed E-state index contributed by atoms with van der Waals surface area (Å²) in [5, 5.41) is 12.4. The maximum atomic E-state index is 8.33. The number of benzene rings is 1. The highest BCUT2D eigenvalue weighted by Crippen LogP contribution is 2.29. The van der Waals surface area contributed by atoms with Crippen LogP contribution >= 0.6 is 35.0 Å². The average molecular weight is 251 g/mol. The van der Waals surface area contributed by atoms with Crippen LogP contribution in [-0.2, 0) is 0 Å². The van der Waals surface area contributed by atoms with Gasteiger partial charge in [0.1, 0.15) is 5.84 Å². The van der Waals surface area contributed by atoms with E-state index in [-0.39, 0.29) is 5.84 Å². The van der Waals surface area contributed by atoms with Crippen LogP contribution in [-0.4, -0.2) is 16.8 Å². The van der Waals surface area contributed by atoms with Crippen LogP contribution < -0.4 is 5.73 Å². The van der Waals surface area contributed by atoms with Gasteiger partial charge in [0.15, 0.2) is 0 Å². The third kappa shape index (κ3) is 3.29. The number of hydrogen-bond acceptors (Lipinski definition) is 3. The summed E-state index contributed by atoms with van der Waals surface area (Å²) in [6, 6.07) is 5.15. The molecule has 0 atom stereocenters. The predicted octanol–water partition coefficient (Wildman–Crippen LogP) is 2.83. The molecule has 0 saturated carbocycles. The first-order valence-corrected chi connectivity index (χ1v) is 5.42. The van der Waals surface area contributed by atoms with E-state index in [9.17, 15) is 0 Å². The van der Waals surface area contributed by atoms with E-state index < -0.39 is 0 Å². The molecular weight excluding hydrogens is 243 g/mol. The van der Waals surface area contributed by atoms with E-state index >= 15 is 0 Å². The van der Waals surface area contributed by atoms with Crippen molar-refractivity contribution in [2.45, 2.75) is 4.90 Å². The highest BCUT2D eigenvalue weighted by atomic mass is 35.5. The normalized spacial score (nSPS) is 11.7. The average Bonchev–Trinajstić information content (AvgIpc) is 2.19. The molecule has 0 aliphatic heterocycles. The van der Waals surface area contributed by atoms with Crippen molar-refractivity contribution >= 4 is 40.8 Å². The van der Waals surface area contributed by atoms with Gasteiger partial charge in [-0.1, -0.05) is 28.4 Å². The molecule has 1 aromatic carbocycles. The molecule has 6 heteroatoms. The maximum Gasteiger partial charge on any atom is 0.149 e. The molecule has 0 fully saturated rings. The van der Waals surface area contributed by atoms with Crippen LogP contribution in [0.25, 0.3) is 0 Å². The van der Waals surface area contributed by atoms with Gasteiger partial charge in [0.2, 0.25) is 0 Å². The lowest BCUT2D eigenvalue weighted by Gasteiger charge is -2.03. The molecule has 3 N–H and O–H groups in total. The monoisotopic (exact) mass is 250 g/mol. The lowest BCUT2D eigenvalue weighted by Crippen LogP contribution is -2.14. The van der Waals surface area contributed by atoms with Crippen molar-refractivity contribution in [3.05, 3.63) is 28.2 Å². The van der Waals surface area contributed by atoms with E-state index in [4.69, 9.17) is 34.1 Å². The molecule has 0 saturated heterocycles. The Hall–Kier alpha value is -0.580. The smallest absolute Gasteiger partial charge is 0.149 e. The number of hydrogen-bond donors (Lipinski definition) is 2. The molecule has 0 unspecified atom stereocenters. The van der Waals surface area contributed by atoms with E-state index in [0.717, 1.165) is 4.90 Å². The quantitative estimate of drug-likeness (QED) is 0.285. The van der Waals surface area contributed by atoms with Gasteiger partial charge in [0, 0.05) is 9.92 Å². The molecule has 0 aliphatic carbocycles. The maximum absolute atomic E-state index is 8.33. The van der Waals surface area contributed by atoms with Crippen molar-refractivity contribution in [1.82, 2.24) is 0 Å². The fourth-order valence-corrected chi connectivity index (χ4v) is 2.06. The molecular formula is C8H8Cl2N2OS.